The Hall–Kier alpha value is -1.22. The fourth-order valence-corrected chi connectivity index (χ4v) is 3.14. The van der Waals surface area contributed by atoms with Crippen LogP contribution in [0, 0.1) is 11.8 Å². The van der Waals surface area contributed by atoms with Crippen LogP contribution < -0.4 is 9.47 Å². The van der Waals surface area contributed by atoms with Crippen molar-refractivity contribution in [3.05, 3.63) is 23.8 Å². The van der Waals surface area contributed by atoms with Crippen LogP contribution in [0.3, 0.4) is 0 Å². The number of likely N-dealkylation sites (tertiary alicyclic amines) is 1. The molecule has 3 nitrogen and oxygen atoms in total. The van der Waals surface area contributed by atoms with Crippen molar-refractivity contribution in [1.29, 1.82) is 0 Å². The number of nitrogens with zero attached hydrogens (tertiary/aromatic N) is 1. The Kier molecular flexibility index (Phi) is 4.70. The molecule has 1 aromatic carbocycles. The first-order valence-corrected chi connectivity index (χ1v) is 7.05. The molecule has 0 bridgehead atoms. The Morgan fingerprint density at radius 3 is 2.37 bits per heavy atom. The summed E-state index contributed by atoms with van der Waals surface area (Å²) in [5.74, 6) is 3.34. The maximum absolute atomic E-state index is 5.48. The minimum Gasteiger partial charge on any atom is -0.497 e. The first-order chi connectivity index (χ1) is 9.12. The van der Waals surface area contributed by atoms with E-state index in [0.717, 1.165) is 29.9 Å². The molecule has 0 aromatic heterocycles. The molecule has 2 atom stereocenters. The molecule has 1 aliphatic rings. The second-order valence-electron chi connectivity index (χ2n) is 5.82. The molecule has 1 aliphatic heterocycles. The van der Waals surface area contributed by atoms with Crippen molar-refractivity contribution >= 4 is 0 Å². The molecule has 1 heterocycles. The van der Waals surface area contributed by atoms with E-state index in [1.165, 1.54) is 25.1 Å². The summed E-state index contributed by atoms with van der Waals surface area (Å²) >= 11 is 0. The van der Waals surface area contributed by atoms with Crippen LogP contribution in [0.15, 0.2) is 18.2 Å². The van der Waals surface area contributed by atoms with Gasteiger partial charge in [-0.25, -0.2) is 0 Å². The molecule has 1 fully saturated rings. The van der Waals surface area contributed by atoms with Gasteiger partial charge in [0.2, 0.25) is 0 Å². The van der Waals surface area contributed by atoms with Gasteiger partial charge < -0.3 is 9.47 Å². The van der Waals surface area contributed by atoms with Crippen LogP contribution in [0.1, 0.15) is 25.8 Å². The van der Waals surface area contributed by atoms with E-state index in [1.807, 2.05) is 12.1 Å². The molecule has 106 valence electrons. The molecule has 0 aliphatic carbocycles. The van der Waals surface area contributed by atoms with Crippen molar-refractivity contribution < 1.29 is 9.47 Å². The molecule has 3 heteroatoms. The molecule has 0 radical (unpaired) electrons. The lowest BCUT2D eigenvalue weighted by Crippen LogP contribution is -2.38. The van der Waals surface area contributed by atoms with Crippen LogP contribution in [0.2, 0.25) is 0 Å². The average Bonchev–Trinajstić information content (AvgIpc) is 2.38. The highest BCUT2D eigenvalue weighted by Crippen LogP contribution is 2.28. The number of hydrogen-bond donors (Lipinski definition) is 0. The maximum Gasteiger partial charge on any atom is 0.127 e. The second kappa shape index (κ2) is 6.29. The predicted octanol–water partition coefficient (Wildman–Crippen LogP) is 3.18. The summed E-state index contributed by atoms with van der Waals surface area (Å²) in [5, 5.41) is 0. The highest BCUT2D eigenvalue weighted by molar-refractivity contribution is 5.40. The van der Waals surface area contributed by atoms with Gasteiger partial charge in [0.05, 0.1) is 14.2 Å². The third-order valence-electron chi connectivity index (χ3n) is 3.83. The summed E-state index contributed by atoms with van der Waals surface area (Å²) in [6, 6.07) is 6.09. The van der Waals surface area contributed by atoms with E-state index in [9.17, 15) is 0 Å². The zero-order valence-corrected chi connectivity index (χ0v) is 12.5. The average molecular weight is 263 g/mol. The van der Waals surface area contributed by atoms with Gasteiger partial charge in [-0.15, -0.1) is 0 Å². The van der Waals surface area contributed by atoms with E-state index in [2.05, 4.69) is 24.8 Å². The van der Waals surface area contributed by atoms with Gasteiger partial charge in [0, 0.05) is 31.3 Å². The Balaban J connectivity index is 2.09. The summed E-state index contributed by atoms with van der Waals surface area (Å²) in [6.45, 7) is 8.00. The second-order valence-corrected chi connectivity index (χ2v) is 5.82. The van der Waals surface area contributed by atoms with Crippen LogP contribution in [-0.2, 0) is 6.54 Å². The first kappa shape index (κ1) is 14.2. The van der Waals surface area contributed by atoms with Crippen LogP contribution in [0.4, 0.5) is 0 Å². The summed E-state index contributed by atoms with van der Waals surface area (Å²) < 4.78 is 10.7. The van der Waals surface area contributed by atoms with Gasteiger partial charge in [-0.3, -0.25) is 4.90 Å². The van der Waals surface area contributed by atoms with Gasteiger partial charge >= 0.3 is 0 Å². The topological polar surface area (TPSA) is 21.7 Å². The maximum atomic E-state index is 5.48. The molecule has 1 aromatic rings. The Morgan fingerprint density at radius 1 is 1.11 bits per heavy atom. The standard InChI is InChI=1S/C16H25NO2/c1-12-7-13(2)10-17(9-12)11-14-5-6-15(18-3)8-16(14)19-4/h5-6,8,12-13H,7,9-11H2,1-4H3/t12-,13-/m0/s1. The Morgan fingerprint density at radius 2 is 1.79 bits per heavy atom. The van der Waals surface area contributed by atoms with Gasteiger partial charge in [0.15, 0.2) is 0 Å². The Bertz CT molecular complexity index is 409. The van der Waals surface area contributed by atoms with E-state index >= 15 is 0 Å². The number of hydrogen-bond acceptors (Lipinski definition) is 3. The minimum absolute atomic E-state index is 0.785. The van der Waals surface area contributed by atoms with E-state index in [4.69, 9.17) is 9.47 Å². The van der Waals surface area contributed by atoms with Crippen molar-refractivity contribution in [2.45, 2.75) is 26.8 Å². The summed E-state index contributed by atoms with van der Waals surface area (Å²) in [4.78, 5) is 2.53. The van der Waals surface area contributed by atoms with Gasteiger partial charge in [0.25, 0.3) is 0 Å². The lowest BCUT2D eigenvalue weighted by atomic mass is 9.91. The third-order valence-corrected chi connectivity index (χ3v) is 3.83. The van der Waals surface area contributed by atoms with E-state index in [0.29, 0.717) is 0 Å². The summed E-state index contributed by atoms with van der Waals surface area (Å²) in [7, 11) is 3.40. The van der Waals surface area contributed by atoms with Crippen LogP contribution in [-0.4, -0.2) is 32.2 Å². The molecule has 2 rings (SSSR count). The van der Waals surface area contributed by atoms with Crippen LogP contribution in [0.5, 0.6) is 11.5 Å². The SMILES string of the molecule is COc1ccc(CN2C[C@@H](C)C[C@H](C)C2)c(OC)c1. The zero-order chi connectivity index (χ0) is 13.8. The number of piperidine rings is 1. The highest BCUT2D eigenvalue weighted by atomic mass is 16.5. The molecular weight excluding hydrogens is 238 g/mol. The van der Waals surface area contributed by atoms with Crippen molar-refractivity contribution in [2.75, 3.05) is 27.3 Å². The predicted molar refractivity (Wildman–Crippen MR) is 77.8 cm³/mol. The smallest absolute Gasteiger partial charge is 0.127 e. The lowest BCUT2D eigenvalue weighted by molar-refractivity contribution is 0.133. The number of rotatable bonds is 4. The molecule has 0 unspecified atom stereocenters. The van der Waals surface area contributed by atoms with Gasteiger partial charge in [-0.2, -0.15) is 0 Å². The first-order valence-electron chi connectivity index (χ1n) is 7.05. The monoisotopic (exact) mass is 263 g/mol. The molecule has 0 amide bonds. The molecule has 0 N–H and O–H groups in total. The van der Waals surface area contributed by atoms with Gasteiger partial charge in [-0.1, -0.05) is 19.9 Å². The zero-order valence-electron chi connectivity index (χ0n) is 12.5. The minimum atomic E-state index is 0.785. The van der Waals surface area contributed by atoms with E-state index in [-0.39, 0.29) is 0 Å². The molecule has 0 saturated carbocycles. The largest absolute Gasteiger partial charge is 0.497 e. The van der Waals surface area contributed by atoms with Crippen molar-refractivity contribution in [3.8, 4) is 11.5 Å². The quantitative estimate of drug-likeness (QED) is 0.833. The molecule has 19 heavy (non-hydrogen) atoms. The lowest BCUT2D eigenvalue weighted by Gasteiger charge is -2.35. The van der Waals surface area contributed by atoms with E-state index in [1.54, 1.807) is 14.2 Å². The van der Waals surface area contributed by atoms with Crippen LogP contribution >= 0.6 is 0 Å². The number of ether oxygens (including phenoxy) is 2. The van der Waals surface area contributed by atoms with Crippen molar-refractivity contribution in [2.24, 2.45) is 11.8 Å². The van der Waals surface area contributed by atoms with Crippen molar-refractivity contribution in [3.63, 3.8) is 0 Å². The fraction of sp³-hybridized carbons (Fsp3) is 0.625. The summed E-state index contributed by atoms with van der Waals surface area (Å²) in [6.07, 6.45) is 1.34. The fourth-order valence-electron chi connectivity index (χ4n) is 3.14. The molecule has 0 spiro atoms. The number of benzene rings is 1. The number of methoxy groups -OCH3 is 2. The third kappa shape index (κ3) is 3.63. The highest BCUT2D eigenvalue weighted by Gasteiger charge is 2.22. The normalized spacial score (nSPS) is 24.2. The van der Waals surface area contributed by atoms with Crippen molar-refractivity contribution in [1.82, 2.24) is 4.90 Å². The van der Waals surface area contributed by atoms with E-state index < -0.39 is 0 Å². The summed E-state index contributed by atoms with van der Waals surface area (Å²) in [5.41, 5.74) is 1.24. The molecular formula is C16H25NO2. The van der Waals surface area contributed by atoms with Crippen LogP contribution in [0.25, 0.3) is 0 Å². The Labute approximate surface area is 116 Å². The molecule has 1 saturated heterocycles. The van der Waals surface area contributed by atoms with Gasteiger partial charge in [0.1, 0.15) is 11.5 Å². The van der Waals surface area contributed by atoms with Gasteiger partial charge in [-0.05, 0) is 24.3 Å².